The van der Waals surface area contributed by atoms with Crippen LogP contribution in [0.3, 0.4) is 0 Å². The summed E-state index contributed by atoms with van der Waals surface area (Å²) in [6, 6.07) is 3.86. The van der Waals surface area contributed by atoms with Crippen LogP contribution in [0.1, 0.15) is 18.1 Å². The quantitative estimate of drug-likeness (QED) is 0.803. The standard InChI is InChI=1S/C12H16N2O3/c1-7-4-5-10(6-8(7)2)14-12(17)13-9(3)11(15)16/h4-6,9H,1-3H3,(H,15,16)(H2,13,14,17)/p-1/t9-/m0/s1. The van der Waals surface area contributed by atoms with E-state index in [1.807, 2.05) is 26.0 Å². The fourth-order valence-corrected chi connectivity index (χ4v) is 1.24. The first-order valence-electron chi connectivity index (χ1n) is 5.26. The lowest BCUT2D eigenvalue weighted by atomic mass is 10.1. The molecule has 1 atom stereocenters. The lowest BCUT2D eigenvalue weighted by molar-refractivity contribution is -0.307. The highest BCUT2D eigenvalue weighted by atomic mass is 16.4. The van der Waals surface area contributed by atoms with Crippen molar-refractivity contribution in [2.45, 2.75) is 26.8 Å². The molecule has 92 valence electrons. The Balaban J connectivity index is 2.62. The Labute approximate surface area is 99.8 Å². The second-order valence-electron chi connectivity index (χ2n) is 3.94. The van der Waals surface area contributed by atoms with E-state index in [1.54, 1.807) is 6.07 Å². The molecule has 5 nitrogen and oxygen atoms in total. The van der Waals surface area contributed by atoms with E-state index in [-0.39, 0.29) is 0 Å². The molecule has 5 heteroatoms. The summed E-state index contributed by atoms with van der Waals surface area (Å²) in [5, 5.41) is 15.2. The number of aryl methyl sites for hydroxylation is 2. The van der Waals surface area contributed by atoms with E-state index < -0.39 is 18.0 Å². The van der Waals surface area contributed by atoms with Crippen LogP contribution in [0.25, 0.3) is 0 Å². The number of carbonyl (C=O) groups is 2. The van der Waals surface area contributed by atoms with Crippen LogP contribution < -0.4 is 15.7 Å². The van der Waals surface area contributed by atoms with Crippen LogP contribution in [0.4, 0.5) is 10.5 Å². The molecule has 0 saturated carbocycles. The number of carboxylic acid groups (broad SMARTS) is 1. The van der Waals surface area contributed by atoms with Crippen molar-refractivity contribution in [2.75, 3.05) is 5.32 Å². The molecule has 2 amide bonds. The molecule has 0 aliphatic heterocycles. The van der Waals surface area contributed by atoms with Gasteiger partial charge in [-0.3, -0.25) is 0 Å². The predicted molar refractivity (Wildman–Crippen MR) is 62.5 cm³/mol. The Morgan fingerprint density at radius 2 is 1.88 bits per heavy atom. The highest BCUT2D eigenvalue weighted by Crippen LogP contribution is 2.13. The molecule has 0 aliphatic carbocycles. The molecule has 2 N–H and O–H groups in total. The molecule has 0 fully saturated rings. The van der Waals surface area contributed by atoms with E-state index >= 15 is 0 Å². The molecule has 0 bridgehead atoms. The summed E-state index contributed by atoms with van der Waals surface area (Å²) in [5.41, 5.74) is 2.80. The fourth-order valence-electron chi connectivity index (χ4n) is 1.24. The highest BCUT2D eigenvalue weighted by Gasteiger charge is 2.07. The first-order chi connectivity index (χ1) is 7.90. The maximum Gasteiger partial charge on any atom is 0.319 e. The summed E-state index contributed by atoms with van der Waals surface area (Å²) in [5.74, 6) is -1.32. The maximum atomic E-state index is 11.4. The smallest absolute Gasteiger partial charge is 0.319 e. The number of benzene rings is 1. The zero-order chi connectivity index (χ0) is 13.0. The van der Waals surface area contributed by atoms with Crippen molar-refractivity contribution in [1.82, 2.24) is 5.32 Å². The van der Waals surface area contributed by atoms with Gasteiger partial charge in [-0.15, -0.1) is 0 Å². The number of carboxylic acids is 1. The lowest BCUT2D eigenvalue weighted by Crippen LogP contribution is -2.47. The molecule has 1 rings (SSSR count). The monoisotopic (exact) mass is 235 g/mol. The SMILES string of the molecule is Cc1ccc(NC(=O)N[C@@H](C)C(=O)[O-])cc1C. The van der Waals surface area contributed by atoms with Crippen LogP contribution in [0.5, 0.6) is 0 Å². The third-order valence-electron chi connectivity index (χ3n) is 2.47. The third-order valence-corrected chi connectivity index (χ3v) is 2.47. The molecule has 0 saturated heterocycles. The van der Waals surface area contributed by atoms with Gasteiger partial charge in [0.2, 0.25) is 0 Å². The van der Waals surface area contributed by atoms with Gasteiger partial charge in [0.05, 0.1) is 12.0 Å². The van der Waals surface area contributed by atoms with Crippen molar-refractivity contribution >= 4 is 17.7 Å². The minimum atomic E-state index is -1.32. The van der Waals surface area contributed by atoms with Crippen LogP contribution in [0, 0.1) is 13.8 Å². The first-order valence-corrected chi connectivity index (χ1v) is 5.26. The normalized spacial score (nSPS) is 11.7. The first kappa shape index (κ1) is 13.0. The number of hydrogen-bond acceptors (Lipinski definition) is 3. The van der Waals surface area contributed by atoms with Crippen molar-refractivity contribution < 1.29 is 14.7 Å². The van der Waals surface area contributed by atoms with Crippen molar-refractivity contribution in [3.8, 4) is 0 Å². The predicted octanol–water partition coefficient (Wildman–Crippen LogP) is 0.563. The Hall–Kier alpha value is -2.04. The van der Waals surface area contributed by atoms with E-state index in [2.05, 4.69) is 10.6 Å². The van der Waals surface area contributed by atoms with Gasteiger partial charge in [0, 0.05) is 5.69 Å². The molecule has 0 unspecified atom stereocenters. The van der Waals surface area contributed by atoms with Gasteiger partial charge in [-0.1, -0.05) is 6.07 Å². The molecule has 0 heterocycles. The zero-order valence-corrected chi connectivity index (χ0v) is 10.0. The van der Waals surface area contributed by atoms with E-state index in [1.165, 1.54) is 6.92 Å². The third kappa shape index (κ3) is 3.79. The average molecular weight is 235 g/mol. The highest BCUT2D eigenvalue weighted by molar-refractivity contribution is 5.91. The molecule has 0 aromatic heterocycles. The number of anilines is 1. The Bertz CT molecular complexity index is 443. The minimum Gasteiger partial charge on any atom is -0.548 e. The lowest BCUT2D eigenvalue weighted by Gasteiger charge is -2.15. The van der Waals surface area contributed by atoms with E-state index in [0.29, 0.717) is 5.69 Å². The molecule has 1 aromatic carbocycles. The number of amides is 2. The van der Waals surface area contributed by atoms with Gasteiger partial charge in [-0.05, 0) is 44.0 Å². The van der Waals surface area contributed by atoms with Crippen LogP contribution in [0.2, 0.25) is 0 Å². The van der Waals surface area contributed by atoms with Crippen LogP contribution >= 0.6 is 0 Å². The van der Waals surface area contributed by atoms with Gasteiger partial charge in [0.15, 0.2) is 0 Å². The number of hydrogen-bond donors (Lipinski definition) is 2. The number of rotatable bonds is 3. The topological polar surface area (TPSA) is 81.3 Å². The van der Waals surface area contributed by atoms with Crippen LogP contribution in [-0.4, -0.2) is 18.0 Å². The molecule has 0 radical (unpaired) electrons. The van der Waals surface area contributed by atoms with Gasteiger partial charge < -0.3 is 20.5 Å². The van der Waals surface area contributed by atoms with E-state index in [9.17, 15) is 14.7 Å². The summed E-state index contributed by atoms with van der Waals surface area (Å²) in [6.07, 6.45) is 0. The summed E-state index contributed by atoms with van der Waals surface area (Å²) in [7, 11) is 0. The van der Waals surface area contributed by atoms with Crippen molar-refractivity contribution in [3.05, 3.63) is 29.3 Å². The summed E-state index contributed by atoms with van der Waals surface area (Å²) in [4.78, 5) is 21.8. The molecule has 1 aromatic rings. The largest absolute Gasteiger partial charge is 0.548 e. The average Bonchev–Trinajstić information content (AvgIpc) is 2.23. The van der Waals surface area contributed by atoms with Gasteiger partial charge >= 0.3 is 6.03 Å². The molecular weight excluding hydrogens is 220 g/mol. The van der Waals surface area contributed by atoms with Crippen molar-refractivity contribution in [1.29, 1.82) is 0 Å². The second-order valence-corrected chi connectivity index (χ2v) is 3.94. The summed E-state index contributed by atoms with van der Waals surface area (Å²) < 4.78 is 0. The number of aliphatic carboxylic acids is 1. The van der Waals surface area contributed by atoms with Crippen LogP contribution in [0.15, 0.2) is 18.2 Å². The molecule has 0 aliphatic rings. The molecule has 17 heavy (non-hydrogen) atoms. The zero-order valence-electron chi connectivity index (χ0n) is 10.0. The number of carbonyl (C=O) groups excluding carboxylic acids is 2. The second kappa shape index (κ2) is 5.34. The molecular formula is C12H15N2O3-. The van der Waals surface area contributed by atoms with Gasteiger partial charge in [0.25, 0.3) is 0 Å². The Morgan fingerprint density at radius 3 is 2.41 bits per heavy atom. The van der Waals surface area contributed by atoms with E-state index in [4.69, 9.17) is 0 Å². The maximum absolute atomic E-state index is 11.4. The summed E-state index contributed by atoms with van der Waals surface area (Å²) in [6.45, 7) is 5.24. The Kier molecular flexibility index (Phi) is 4.09. The summed E-state index contributed by atoms with van der Waals surface area (Å²) >= 11 is 0. The van der Waals surface area contributed by atoms with Gasteiger partial charge in [-0.25, -0.2) is 4.79 Å². The minimum absolute atomic E-state index is 0.565. The molecule has 0 spiro atoms. The van der Waals surface area contributed by atoms with Crippen LogP contribution in [-0.2, 0) is 4.79 Å². The van der Waals surface area contributed by atoms with Crippen molar-refractivity contribution in [3.63, 3.8) is 0 Å². The number of nitrogens with one attached hydrogen (secondary N) is 2. The van der Waals surface area contributed by atoms with E-state index in [0.717, 1.165) is 11.1 Å². The van der Waals surface area contributed by atoms with Gasteiger partial charge in [-0.2, -0.15) is 0 Å². The Morgan fingerprint density at radius 1 is 1.24 bits per heavy atom. The van der Waals surface area contributed by atoms with Crippen molar-refractivity contribution in [2.24, 2.45) is 0 Å². The van der Waals surface area contributed by atoms with Gasteiger partial charge in [0.1, 0.15) is 0 Å². The fraction of sp³-hybridized carbons (Fsp3) is 0.333. The number of urea groups is 1.